The normalized spacial score (nSPS) is 11.8. The molecule has 0 aliphatic carbocycles. The van der Waals surface area contributed by atoms with Crippen LogP contribution in [-0.4, -0.2) is 18.2 Å². The Hall–Kier alpha value is -2.08. The molecule has 0 spiro atoms. The molecule has 0 atom stereocenters. The van der Waals surface area contributed by atoms with Crippen molar-refractivity contribution in [3.8, 4) is 5.75 Å². The number of hydrogen-bond donors (Lipinski definition) is 1. The molecule has 6 nitrogen and oxygen atoms in total. The van der Waals surface area contributed by atoms with Crippen LogP contribution in [0.1, 0.15) is 0 Å². The molecule has 0 heterocycles. The second kappa shape index (κ2) is 5.86. The van der Waals surface area contributed by atoms with Crippen LogP contribution in [0.2, 0.25) is 5.02 Å². The van der Waals surface area contributed by atoms with Gasteiger partial charge in [0.05, 0.1) is 22.2 Å². The monoisotopic (exact) mass is 255 g/mol. The lowest BCUT2D eigenvalue weighted by Gasteiger charge is -2.05. The summed E-state index contributed by atoms with van der Waals surface area (Å²) in [4.78, 5) is 13.8. The number of benzene rings is 1. The van der Waals surface area contributed by atoms with Gasteiger partial charge in [-0.05, 0) is 6.07 Å². The molecule has 0 aliphatic rings. The van der Waals surface area contributed by atoms with Gasteiger partial charge in [-0.1, -0.05) is 11.6 Å². The fraction of sp³-hybridized carbons (Fsp3) is 0.100. The number of nitro benzene ring substituents is 1. The first-order valence-corrected chi connectivity index (χ1v) is 4.91. The molecule has 1 aromatic rings. The standard InChI is InChI=1S/C10H10ClN3O3/c1-13-6-10(5-12)17-9-3-7(11)2-8(4-9)14(15)16/h2-6H,12H2,1H3. The first kappa shape index (κ1) is 13.0. The molecule has 0 fully saturated rings. The van der Waals surface area contributed by atoms with Gasteiger partial charge in [-0.2, -0.15) is 0 Å². The van der Waals surface area contributed by atoms with Crippen LogP contribution < -0.4 is 10.5 Å². The molecule has 0 amide bonds. The van der Waals surface area contributed by atoms with Gasteiger partial charge in [0, 0.05) is 19.3 Å². The molecule has 1 rings (SSSR count). The highest BCUT2D eigenvalue weighted by Crippen LogP contribution is 2.26. The van der Waals surface area contributed by atoms with Gasteiger partial charge in [0.15, 0.2) is 5.76 Å². The van der Waals surface area contributed by atoms with Gasteiger partial charge in [0.1, 0.15) is 5.75 Å². The van der Waals surface area contributed by atoms with Gasteiger partial charge in [-0.15, -0.1) is 0 Å². The lowest BCUT2D eigenvalue weighted by atomic mass is 10.3. The number of aliphatic imine (C=N–C) groups is 1. The summed E-state index contributed by atoms with van der Waals surface area (Å²) in [6.45, 7) is 0. The zero-order valence-corrected chi connectivity index (χ0v) is 9.72. The summed E-state index contributed by atoms with van der Waals surface area (Å²) >= 11 is 5.73. The van der Waals surface area contributed by atoms with Crippen LogP contribution in [-0.2, 0) is 0 Å². The SMILES string of the molecule is CN=CC(=CN)Oc1cc(Cl)cc([N+](=O)[O-])c1. The summed E-state index contributed by atoms with van der Waals surface area (Å²) < 4.78 is 5.27. The molecule has 0 radical (unpaired) electrons. The molecule has 17 heavy (non-hydrogen) atoms. The number of nitrogens with zero attached hydrogens (tertiary/aromatic N) is 2. The Balaban J connectivity index is 3.02. The Labute approximate surface area is 103 Å². The van der Waals surface area contributed by atoms with Crippen LogP contribution in [0.5, 0.6) is 5.75 Å². The van der Waals surface area contributed by atoms with E-state index >= 15 is 0 Å². The van der Waals surface area contributed by atoms with Crippen LogP contribution in [0, 0.1) is 10.1 Å². The van der Waals surface area contributed by atoms with Crippen molar-refractivity contribution < 1.29 is 9.66 Å². The smallest absolute Gasteiger partial charge is 0.274 e. The number of nitrogens with two attached hydrogens (primary N) is 1. The van der Waals surface area contributed by atoms with Gasteiger partial charge in [0.2, 0.25) is 0 Å². The number of non-ortho nitro benzene ring substituents is 1. The van der Waals surface area contributed by atoms with Gasteiger partial charge in [-0.3, -0.25) is 15.1 Å². The van der Waals surface area contributed by atoms with E-state index in [-0.39, 0.29) is 22.2 Å². The summed E-state index contributed by atoms with van der Waals surface area (Å²) in [5.41, 5.74) is 5.14. The van der Waals surface area contributed by atoms with E-state index in [0.717, 1.165) is 0 Å². The Morgan fingerprint density at radius 1 is 1.59 bits per heavy atom. The number of nitro groups is 1. The fourth-order valence-electron chi connectivity index (χ4n) is 1.08. The number of allylic oxidation sites excluding steroid dienone is 1. The molecule has 0 aliphatic heterocycles. The maximum atomic E-state index is 10.6. The van der Waals surface area contributed by atoms with E-state index in [4.69, 9.17) is 22.1 Å². The van der Waals surface area contributed by atoms with Crippen LogP contribution in [0.3, 0.4) is 0 Å². The van der Waals surface area contributed by atoms with Gasteiger partial charge >= 0.3 is 0 Å². The minimum atomic E-state index is -0.557. The highest BCUT2D eigenvalue weighted by atomic mass is 35.5. The third-order valence-corrected chi connectivity index (χ3v) is 1.94. The minimum absolute atomic E-state index is 0.155. The third kappa shape index (κ3) is 3.76. The molecule has 0 aromatic heterocycles. The Morgan fingerprint density at radius 3 is 2.82 bits per heavy atom. The third-order valence-electron chi connectivity index (χ3n) is 1.72. The van der Waals surface area contributed by atoms with Crippen molar-refractivity contribution >= 4 is 23.5 Å². The van der Waals surface area contributed by atoms with Crippen molar-refractivity contribution in [2.45, 2.75) is 0 Å². The molecule has 1 aromatic carbocycles. The molecule has 2 N–H and O–H groups in total. The van der Waals surface area contributed by atoms with Crippen molar-refractivity contribution in [2.75, 3.05) is 7.05 Å². The molecular weight excluding hydrogens is 246 g/mol. The molecule has 0 unspecified atom stereocenters. The zero-order valence-electron chi connectivity index (χ0n) is 8.96. The highest BCUT2D eigenvalue weighted by molar-refractivity contribution is 6.30. The summed E-state index contributed by atoms with van der Waals surface area (Å²) in [7, 11) is 1.55. The fourth-order valence-corrected chi connectivity index (χ4v) is 1.30. The highest BCUT2D eigenvalue weighted by Gasteiger charge is 2.10. The predicted molar refractivity (Wildman–Crippen MR) is 65.4 cm³/mol. The first-order chi connectivity index (χ1) is 8.06. The van der Waals surface area contributed by atoms with E-state index in [1.807, 2.05) is 0 Å². The molecule has 90 valence electrons. The number of ether oxygens (including phenoxy) is 1. The van der Waals surface area contributed by atoms with Crippen molar-refractivity contribution in [2.24, 2.45) is 10.7 Å². The van der Waals surface area contributed by atoms with Crippen molar-refractivity contribution in [1.29, 1.82) is 0 Å². The van der Waals surface area contributed by atoms with E-state index < -0.39 is 4.92 Å². The van der Waals surface area contributed by atoms with Crippen LogP contribution in [0.25, 0.3) is 0 Å². The second-order valence-corrected chi connectivity index (χ2v) is 3.40. The Bertz CT molecular complexity index is 486. The number of halogens is 1. The average molecular weight is 256 g/mol. The number of hydrogen-bond acceptors (Lipinski definition) is 5. The number of rotatable bonds is 4. The van der Waals surface area contributed by atoms with E-state index in [1.165, 1.54) is 30.6 Å². The van der Waals surface area contributed by atoms with Crippen LogP contribution in [0.4, 0.5) is 5.69 Å². The minimum Gasteiger partial charge on any atom is -0.454 e. The Kier molecular flexibility index (Phi) is 4.47. The lowest BCUT2D eigenvalue weighted by molar-refractivity contribution is -0.384. The maximum Gasteiger partial charge on any atom is 0.274 e. The summed E-state index contributed by atoms with van der Waals surface area (Å²) in [5.74, 6) is 0.491. The first-order valence-electron chi connectivity index (χ1n) is 4.53. The van der Waals surface area contributed by atoms with Gasteiger partial charge < -0.3 is 10.5 Å². The van der Waals surface area contributed by atoms with Crippen LogP contribution in [0.15, 0.2) is 35.2 Å². The predicted octanol–water partition coefficient (Wildman–Crippen LogP) is 2.13. The zero-order chi connectivity index (χ0) is 12.8. The van der Waals surface area contributed by atoms with E-state index in [9.17, 15) is 10.1 Å². The summed E-state index contributed by atoms with van der Waals surface area (Å²) in [5, 5.41) is 10.8. The largest absolute Gasteiger partial charge is 0.454 e. The van der Waals surface area contributed by atoms with Gasteiger partial charge in [0.25, 0.3) is 5.69 Å². The molecule has 0 bridgehead atoms. The van der Waals surface area contributed by atoms with Crippen molar-refractivity contribution in [3.05, 3.63) is 45.3 Å². The van der Waals surface area contributed by atoms with E-state index in [0.29, 0.717) is 0 Å². The Morgan fingerprint density at radius 2 is 2.29 bits per heavy atom. The lowest BCUT2D eigenvalue weighted by Crippen LogP contribution is -2.00. The summed E-state index contributed by atoms with van der Waals surface area (Å²) in [6, 6.07) is 3.93. The topological polar surface area (TPSA) is 90.8 Å². The van der Waals surface area contributed by atoms with Crippen molar-refractivity contribution in [1.82, 2.24) is 0 Å². The van der Waals surface area contributed by atoms with Crippen LogP contribution >= 0.6 is 11.6 Å². The average Bonchev–Trinajstić information content (AvgIpc) is 2.27. The molecular formula is C10H10ClN3O3. The van der Waals surface area contributed by atoms with E-state index in [1.54, 1.807) is 7.05 Å². The maximum absolute atomic E-state index is 10.6. The summed E-state index contributed by atoms with van der Waals surface area (Å²) in [6.07, 6.45) is 2.58. The van der Waals surface area contributed by atoms with Crippen molar-refractivity contribution in [3.63, 3.8) is 0 Å². The molecule has 0 saturated heterocycles. The van der Waals surface area contributed by atoms with Gasteiger partial charge in [-0.25, -0.2) is 0 Å². The second-order valence-electron chi connectivity index (χ2n) is 2.96. The quantitative estimate of drug-likeness (QED) is 0.386. The molecule has 0 saturated carbocycles. The van der Waals surface area contributed by atoms with E-state index in [2.05, 4.69) is 4.99 Å². The molecule has 7 heteroatoms.